The lowest BCUT2D eigenvalue weighted by Gasteiger charge is -2.25. The van der Waals surface area contributed by atoms with Gasteiger partial charge in [-0.05, 0) is 13.3 Å². The van der Waals surface area contributed by atoms with Crippen molar-refractivity contribution in [3.8, 4) is 0 Å². The molecule has 0 aromatic heterocycles. The minimum absolute atomic E-state index is 0.245. The Labute approximate surface area is 90.5 Å². The molecule has 0 amide bonds. The molecule has 90 valence electrons. The van der Waals surface area contributed by atoms with Crippen molar-refractivity contribution in [2.45, 2.75) is 33.2 Å². The van der Waals surface area contributed by atoms with Crippen molar-refractivity contribution >= 4 is 16.2 Å². The van der Waals surface area contributed by atoms with Crippen LogP contribution >= 0.6 is 0 Å². The second kappa shape index (κ2) is 6.04. The fraction of sp³-hybridized carbons (Fsp3) is 0.875. The monoisotopic (exact) mass is 238 g/mol. The van der Waals surface area contributed by atoms with Crippen LogP contribution in [0.5, 0.6) is 0 Å². The molecule has 0 spiro atoms. The highest BCUT2D eigenvalue weighted by Crippen LogP contribution is 2.08. The van der Waals surface area contributed by atoms with Gasteiger partial charge >= 0.3 is 5.97 Å². The van der Waals surface area contributed by atoms with Crippen LogP contribution in [0.4, 0.5) is 0 Å². The van der Waals surface area contributed by atoms with E-state index in [1.807, 2.05) is 0 Å². The Bertz CT molecular complexity index is 302. The fourth-order valence-corrected chi connectivity index (χ4v) is 2.51. The van der Waals surface area contributed by atoms with Crippen molar-refractivity contribution < 1.29 is 18.3 Å². The second-order valence-electron chi connectivity index (χ2n) is 3.20. The van der Waals surface area contributed by atoms with Gasteiger partial charge in [-0.1, -0.05) is 13.8 Å². The van der Waals surface area contributed by atoms with Crippen LogP contribution in [0, 0.1) is 0 Å². The molecule has 6 nitrogen and oxygen atoms in total. The van der Waals surface area contributed by atoms with E-state index in [0.717, 1.165) is 4.31 Å². The van der Waals surface area contributed by atoms with E-state index in [-0.39, 0.29) is 12.6 Å². The van der Waals surface area contributed by atoms with Crippen LogP contribution in [0.2, 0.25) is 0 Å². The van der Waals surface area contributed by atoms with Crippen molar-refractivity contribution in [1.82, 2.24) is 9.03 Å². The van der Waals surface area contributed by atoms with E-state index < -0.39 is 22.7 Å². The number of hydrogen-bond acceptors (Lipinski definition) is 3. The number of hydrogen-bond donors (Lipinski definition) is 2. The first-order valence-corrected chi connectivity index (χ1v) is 6.27. The number of carboxylic acids is 1. The summed E-state index contributed by atoms with van der Waals surface area (Å²) in [5.74, 6) is -1.16. The predicted octanol–water partition coefficient (Wildman–Crippen LogP) is 0.0258. The number of nitrogens with one attached hydrogen (secondary N) is 1. The van der Waals surface area contributed by atoms with Crippen LogP contribution in [0.3, 0.4) is 0 Å². The summed E-state index contributed by atoms with van der Waals surface area (Å²) in [5.41, 5.74) is 0. The molecule has 0 aromatic rings. The summed E-state index contributed by atoms with van der Waals surface area (Å²) in [4.78, 5) is 10.5. The van der Waals surface area contributed by atoms with Gasteiger partial charge in [0.25, 0.3) is 10.2 Å². The first kappa shape index (κ1) is 14.3. The average Bonchev–Trinajstić information content (AvgIpc) is 2.12. The Morgan fingerprint density at radius 1 is 1.47 bits per heavy atom. The smallest absolute Gasteiger partial charge is 0.318 e. The fourth-order valence-electron chi connectivity index (χ4n) is 1.08. The van der Waals surface area contributed by atoms with Gasteiger partial charge in [-0.25, -0.2) is 4.72 Å². The molecule has 0 aromatic carbocycles. The summed E-state index contributed by atoms with van der Waals surface area (Å²) in [6.45, 7) is 4.87. The van der Waals surface area contributed by atoms with E-state index in [1.165, 1.54) is 0 Å². The van der Waals surface area contributed by atoms with E-state index in [0.29, 0.717) is 6.42 Å². The first-order valence-electron chi connectivity index (χ1n) is 4.83. The summed E-state index contributed by atoms with van der Waals surface area (Å²) in [7, 11) is -3.68. The molecule has 0 rings (SSSR count). The Kier molecular flexibility index (Phi) is 5.77. The molecular formula is C8H18N2O4S. The van der Waals surface area contributed by atoms with Crippen molar-refractivity contribution in [3.05, 3.63) is 0 Å². The van der Waals surface area contributed by atoms with E-state index in [9.17, 15) is 13.2 Å². The minimum Gasteiger partial charge on any atom is -0.480 e. The molecule has 1 atom stereocenters. The molecule has 1 unspecified atom stereocenters. The summed E-state index contributed by atoms with van der Waals surface area (Å²) >= 11 is 0. The van der Waals surface area contributed by atoms with Crippen LogP contribution in [-0.2, 0) is 15.0 Å². The van der Waals surface area contributed by atoms with Gasteiger partial charge in [-0.3, -0.25) is 4.79 Å². The molecule has 0 heterocycles. The minimum atomic E-state index is -3.68. The third-order valence-electron chi connectivity index (χ3n) is 2.01. The lowest BCUT2D eigenvalue weighted by atomic mass is 10.2. The van der Waals surface area contributed by atoms with Gasteiger partial charge in [0.05, 0.1) is 0 Å². The largest absolute Gasteiger partial charge is 0.480 e. The van der Waals surface area contributed by atoms with Gasteiger partial charge in [-0.15, -0.1) is 0 Å². The van der Waals surface area contributed by atoms with Crippen LogP contribution in [0.25, 0.3) is 0 Å². The molecule has 0 radical (unpaired) electrons. The van der Waals surface area contributed by atoms with Gasteiger partial charge in [-0.2, -0.15) is 12.7 Å². The van der Waals surface area contributed by atoms with Crippen LogP contribution in [0.1, 0.15) is 27.2 Å². The van der Waals surface area contributed by atoms with E-state index >= 15 is 0 Å². The van der Waals surface area contributed by atoms with Gasteiger partial charge in [0, 0.05) is 12.6 Å². The molecule has 0 aliphatic heterocycles. The maximum absolute atomic E-state index is 11.6. The molecule has 2 N–H and O–H groups in total. The number of rotatable bonds is 7. The topological polar surface area (TPSA) is 86.7 Å². The number of aliphatic carboxylic acids is 1. The van der Waals surface area contributed by atoms with Crippen LogP contribution in [-0.4, -0.2) is 42.9 Å². The lowest BCUT2D eigenvalue weighted by molar-refractivity contribution is -0.137. The molecule has 0 saturated heterocycles. The van der Waals surface area contributed by atoms with E-state index in [2.05, 4.69) is 4.72 Å². The summed E-state index contributed by atoms with van der Waals surface area (Å²) in [5, 5.41) is 8.63. The molecule has 0 bridgehead atoms. The molecular weight excluding hydrogens is 220 g/mol. The SMILES string of the molecule is CCNS(=O)(=O)N(CC(=O)O)C(C)CC. The summed E-state index contributed by atoms with van der Waals surface area (Å²) < 4.78 is 26.5. The number of carboxylic acid groups (broad SMARTS) is 1. The molecule has 15 heavy (non-hydrogen) atoms. The Balaban J connectivity index is 4.84. The zero-order chi connectivity index (χ0) is 12.1. The third kappa shape index (κ3) is 4.59. The summed E-state index contributed by atoms with van der Waals surface area (Å²) in [6.07, 6.45) is 0.567. The highest BCUT2D eigenvalue weighted by Gasteiger charge is 2.27. The van der Waals surface area contributed by atoms with E-state index in [1.54, 1.807) is 20.8 Å². The summed E-state index contributed by atoms with van der Waals surface area (Å²) in [6, 6.07) is -0.329. The molecule has 0 aliphatic carbocycles. The number of carbonyl (C=O) groups is 1. The normalized spacial score (nSPS) is 14.1. The van der Waals surface area contributed by atoms with Crippen molar-refractivity contribution in [2.75, 3.05) is 13.1 Å². The highest BCUT2D eigenvalue weighted by molar-refractivity contribution is 7.87. The first-order chi connectivity index (χ1) is 6.85. The average molecular weight is 238 g/mol. The van der Waals surface area contributed by atoms with Gasteiger partial charge in [0.2, 0.25) is 0 Å². The zero-order valence-electron chi connectivity index (χ0n) is 9.23. The maximum Gasteiger partial charge on any atom is 0.318 e. The molecule has 0 fully saturated rings. The second-order valence-corrected chi connectivity index (χ2v) is 4.91. The van der Waals surface area contributed by atoms with Crippen LogP contribution < -0.4 is 4.72 Å². The van der Waals surface area contributed by atoms with Crippen molar-refractivity contribution in [3.63, 3.8) is 0 Å². The quantitative estimate of drug-likeness (QED) is 0.655. The maximum atomic E-state index is 11.6. The standard InChI is InChI=1S/C8H18N2O4S/c1-4-7(3)10(6-8(11)12)15(13,14)9-5-2/h7,9H,4-6H2,1-3H3,(H,11,12). The Morgan fingerprint density at radius 2 is 2.00 bits per heavy atom. The van der Waals surface area contributed by atoms with E-state index in [4.69, 9.17) is 5.11 Å². The van der Waals surface area contributed by atoms with Crippen LogP contribution in [0.15, 0.2) is 0 Å². The Hall–Kier alpha value is -0.660. The zero-order valence-corrected chi connectivity index (χ0v) is 10.0. The van der Waals surface area contributed by atoms with Gasteiger partial charge in [0.15, 0.2) is 0 Å². The molecule has 0 saturated carbocycles. The Morgan fingerprint density at radius 3 is 2.33 bits per heavy atom. The van der Waals surface area contributed by atoms with Gasteiger partial charge < -0.3 is 5.11 Å². The molecule has 7 heteroatoms. The predicted molar refractivity (Wildman–Crippen MR) is 56.7 cm³/mol. The van der Waals surface area contributed by atoms with Gasteiger partial charge in [0.1, 0.15) is 6.54 Å². The van der Waals surface area contributed by atoms with Crippen molar-refractivity contribution in [1.29, 1.82) is 0 Å². The van der Waals surface area contributed by atoms with Crippen molar-refractivity contribution in [2.24, 2.45) is 0 Å². The molecule has 0 aliphatic rings. The third-order valence-corrected chi connectivity index (χ3v) is 3.77. The number of nitrogens with zero attached hydrogens (tertiary/aromatic N) is 1. The lowest BCUT2D eigenvalue weighted by Crippen LogP contribution is -2.47. The highest BCUT2D eigenvalue weighted by atomic mass is 32.2.